The van der Waals surface area contributed by atoms with Gasteiger partial charge in [-0.25, -0.2) is 0 Å². The highest BCUT2D eigenvalue weighted by atomic mass is 35.5. The van der Waals surface area contributed by atoms with Gasteiger partial charge in [0.2, 0.25) is 0 Å². The van der Waals surface area contributed by atoms with Crippen molar-refractivity contribution in [3.8, 4) is 5.75 Å². The van der Waals surface area contributed by atoms with Crippen LogP contribution in [0.1, 0.15) is 44.7 Å². The molecule has 0 saturated carbocycles. The highest BCUT2D eigenvalue weighted by Crippen LogP contribution is 2.34. The van der Waals surface area contributed by atoms with Crippen molar-refractivity contribution >= 4 is 11.6 Å². The second-order valence-electron chi connectivity index (χ2n) is 5.05. The van der Waals surface area contributed by atoms with Gasteiger partial charge < -0.3 is 4.74 Å². The molecule has 0 aliphatic heterocycles. The lowest BCUT2D eigenvalue weighted by molar-refractivity contribution is 0.400. The van der Waals surface area contributed by atoms with Crippen molar-refractivity contribution in [3.05, 3.63) is 40.4 Å². The monoisotopic (exact) mass is 266 g/mol. The molecule has 1 aromatic carbocycles. The number of hydrogen-bond donors (Lipinski definition) is 0. The van der Waals surface area contributed by atoms with E-state index >= 15 is 0 Å². The minimum atomic E-state index is 0.412. The molecule has 0 aromatic heterocycles. The summed E-state index contributed by atoms with van der Waals surface area (Å²) in [7, 11) is 1.74. The molecule has 0 N–H and O–H groups in total. The van der Waals surface area contributed by atoms with E-state index in [-0.39, 0.29) is 0 Å². The Kier molecular flexibility index (Phi) is 5.74. The predicted molar refractivity (Wildman–Crippen MR) is 79.8 cm³/mol. The van der Waals surface area contributed by atoms with Crippen LogP contribution >= 0.6 is 11.6 Å². The third-order valence-electron chi connectivity index (χ3n) is 3.05. The van der Waals surface area contributed by atoms with Crippen LogP contribution in [-0.2, 0) is 6.42 Å². The lowest BCUT2D eigenvalue weighted by atomic mass is 9.94. The Morgan fingerprint density at radius 1 is 1.28 bits per heavy atom. The maximum absolute atomic E-state index is 6.21. The van der Waals surface area contributed by atoms with Crippen LogP contribution in [0.5, 0.6) is 5.75 Å². The van der Waals surface area contributed by atoms with Crippen molar-refractivity contribution in [2.24, 2.45) is 5.92 Å². The van der Waals surface area contributed by atoms with Crippen molar-refractivity contribution in [1.82, 2.24) is 0 Å². The van der Waals surface area contributed by atoms with Gasteiger partial charge >= 0.3 is 0 Å². The smallest absolute Gasteiger partial charge is 0.125 e. The Morgan fingerprint density at radius 2 is 1.94 bits per heavy atom. The zero-order valence-electron chi connectivity index (χ0n) is 12.0. The summed E-state index contributed by atoms with van der Waals surface area (Å²) in [6.07, 6.45) is 5.24. The normalized spacial score (nSPS) is 13.3. The Balaban J connectivity index is 3.17. The lowest BCUT2D eigenvalue weighted by Crippen LogP contribution is -2.03. The van der Waals surface area contributed by atoms with E-state index in [0.717, 1.165) is 17.2 Å². The summed E-state index contributed by atoms with van der Waals surface area (Å²) >= 11 is 6.21. The molecule has 0 spiro atoms. The quantitative estimate of drug-likeness (QED) is 0.664. The molecule has 0 saturated heterocycles. The van der Waals surface area contributed by atoms with Crippen LogP contribution in [0, 0.1) is 5.92 Å². The lowest BCUT2D eigenvalue weighted by Gasteiger charge is -2.18. The van der Waals surface area contributed by atoms with Crippen LogP contribution in [-0.4, -0.2) is 7.11 Å². The standard InChI is InChI=1S/C16H23ClO/c1-6-7-12(4)8-13-9-14(17)10-15(11(2)3)16(13)18-5/h6-7,9-12H,8H2,1-5H3/b7-6-. The van der Waals surface area contributed by atoms with E-state index in [4.69, 9.17) is 16.3 Å². The summed E-state index contributed by atoms with van der Waals surface area (Å²) in [6, 6.07) is 4.03. The molecule has 2 heteroatoms. The Hall–Kier alpha value is -0.950. The second kappa shape index (κ2) is 6.84. The number of ether oxygens (including phenoxy) is 1. The first-order valence-corrected chi connectivity index (χ1v) is 6.86. The summed E-state index contributed by atoms with van der Waals surface area (Å²) in [4.78, 5) is 0. The van der Waals surface area contributed by atoms with Crippen LogP contribution in [0.2, 0.25) is 5.02 Å². The fourth-order valence-electron chi connectivity index (χ4n) is 2.25. The SMILES string of the molecule is C/C=C\C(C)Cc1cc(Cl)cc(C(C)C)c1OC. The number of methoxy groups -OCH3 is 1. The van der Waals surface area contributed by atoms with Gasteiger partial charge in [0.25, 0.3) is 0 Å². The molecule has 1 unspecified atom stereocenters. The van der Waals surface area contributed by atoms with Gasteiger partial charge in [0, 0.05) is 5.02 Å². The first-order chi connectivity index (χ1) is 8.49. The molecule has 1 nitrogen and oxygen atoms in total. The number of rotatable bonds is 5. The number of halogens is 1. The van der Waals surface area contributed by atoms with E-state index in [0.29, 0.717) is 11.8 Å². The van der Waals surface area contributed by atoms with Gasteiger partial charge in [-0.3, -0.25) is 0 Å². The minimum Gasteiger partial charge on any atom is -0.496 e. The summed E-state index contributed by atoms with van der Waals surface area (Å²) in [6.45, 7) is 8.57. The second-order valence-corrected chi connectivity index (χ2v) is 5.49. The molecule has 0 fully saturated rings. The number of allylic oxidation sites excluding steroid dienone is 2. The molecule has 18 heavy (non-hydrogen) atoms. The fraction of sp³-hybridized carbons (Fsp3) is 0.500. The minimum absolute atomic E-state index is 0.412. The number of hydrogen-bond acceptors (Lipinski definition) is 1. The van der Waals surface area contributed by atoms with Crippen molar-refractivity contribution in [2.45, 2.75) is 40.0 Å². The predicted octanol–water partition coefficient (Wildman–Crippen LogP) is 5.23. The average molecular weight is 267 g/mol. The van der Waals surface area contributed by atoms with E-state index in [1.807, 2.05) is 19.1 Å². The van der Waals surface area contributed by atoms with Crippen LogP contribution in [0.25, 0.3) is 0 Å². The molecule has 0 amide bonds. The molecule has 0 aliphatic carbocycles. The first-order valence-electron chi connectivity index (χ1n) is 6.48. The zero-order chi connectivity index (χ0) is 13.7. The molecule has 1 atom stereocenters. The molecule has 100 valence electrons. The molecular formula is C16H23ClO. The zero-order valence-corrected chi connectivity index (χ0v) is 12.7. The Labute approximate surface area is 116 Å². The van der Waals surface area contributed by atoms with E-state index in [2.05, 4.69) is 32.9 Å². The highest BCUT2D eigenvalue weighted by Gasteiger charge is 2.15. The van der Waals surface area contributed by atoms with Crippen LogP contribution in [0.3, 0.4) is 0 Å². The van der Waals surface area contributed by atoms with E-state index < -0.39 is 0 Å². The third-order valence-corrected chi connectivity index (χ3v) is 3.27. The highest BCUT2D eigenvalue weighted by molar-refractivity contribution is 6.30. The summed E-state index contributed by atoms with van der Waals surface area (Å²) in [5, 5.41) is 0.794. The maximum atomic E-state index is 6.21. The van der Waals surface area contributed by atoms with E-state index in [1.165, 1.54) is 11.1 Å². The van der Waals surface area contributed by atoms with Gasteiger partial charge in [-0.2, -0.15) is 0 Å². The largest absolute Gasteiger partial charge is 0.496 e. The molecule has 0 aliphatic rings. The van der Waals surface area contributed by atoms with Crippen molar-refractivity contribution in [3.63, 3.8) is 0 Å². The molecule has 0 bridgehead atoms. The van der Waals surface area contributed by atoms with Gasteiger partial charge in [0.15, 0.2) is 0 Å². The fourth-order valence-corrected chi connectivity index (χ4v) is 2.50. The van der Waals surface area contributed by atoms with Crippen LogP contribution in [0.4, 0.5) is 0 Å². The molecular weight excluding hydrogens is 244 g/mol. The molecule has 1 aromatic rings. The maximum Gasteiger partial charge on any atom is 0.125 e. The molecule has 0 radical (unpaired) electrons. The average Bonchev–Trinajstić information content (AvgIpc) is 2.28. The Morgan fingerprint density at radius 3 is 2.44 bits per heavy atom. The first kappa shape index (κ1) is 15.1. The molecule has 1 rings (SSSR count). The van der Waals surface area contributed by atoms with Crippen molar-refractivity contribution in [2.75, 3.05) is 7.11 Å². The summed E-state index contributed by atoms with van der Waals surface area (Å²) in [5.74, 6) is 1.89. The van der Waals surface area contributed by atoms with Gasteiger partial charge in [0.05, 0.1) is 7.11 Å². The van der Waals surface area contributed by atoms with Crippen LogP contribution in [0.15, 0.2) is 24.3 Å². The topological polar surface area (TPSA) is 9.23 Å². The van der Waals surface area contributed by atoms with Gasteiger partial charge in [0.1, 0.15) is 5.75 Å². The van der Waals surface area contributed by atoms with E-state index in [1.54, 1.807) is 7.11 Å². The van der Waals surface area contributed by atoms with Gasteiger partial charge in [-0.1, -0.05) is 44.5 Å². The third kappa shape index (κ3) is 3.78. The number of benzene rings is 1. The Bertz CT molecular complexity index is 421. The van der Waals surface area contributed by atoms with Gasteiger partial charge in [-0.15, -0.1) is 0 Å². The molecule has 0 heterocycles. The summed E-state index contributed by atoms with van der Waals surface area (Å²) < 4.78 is 5.59. The van der Waals surface area contributed by atoms with Crippen molar-refractivity contribution < 1.29 is 4.74 Å². The van der Waals surface area contributed by atoms with E-state index in [9.17, 15) is 0 Å². The summed E-state index contributed by atoms with van der Waals surface area (Å²) in [5.41, 5.74) is 2.38. The van der Waals surface area contributed by atoms with Gasteiger partial charge in [-0.05, 0) is 48.4 Å². The van der Waals surface area contributed by atoms with Crippen molar-refractivity contribution in [1.29, 1.82) is 0 Å². The van der Waals surface area contributed by atoms with Crippen LogP contribution < -0.4 is 4.74 Å².